The third-order valence-corrected chi connectivity index (χ3v) is 3.05. The van der Waals surface area contributed by atoms with Crippen molar-refractivity contribution in [1.82, 2.24) is 0 Å². The molecule has 0 saturated carbocycles. The second-order valence-corrected chi connectivity index (χ2v) is 4.48. The highest BCUT2D eigenvalue weighted by molar-refractivity contribution is 6.32. The Bertz CT molecular complexity index is 708. The van der Waals surface area contributed by atoms with E-state index in [0.717, 1.165) is 16.9 Å². The second kappa shape index (κ2) is 5.44. The van der Waals surface area contributed by atoms with Crippen LogP contribution >= 0.6 is 11.6 Å². The first-order valence-electron chi connectivity index (χ1n) is 5.61. The first kappa shape index (κ1) is 13.0. The second-order valence-electron chi connectivity index (χ2n) is 4.07. The highest BCUT2D eigenvalue weighted by Gasteiger charge is 2.04. The Morgan fingerprint density at radius 1 is 1.05 bits per heavy atom. The Kier molecular flexibility index (Phi) is 3.71. The fraction of sp³-hybridized carbons (Fsp3) is 0.0667. The number of aryl methyl sites for hydroxylation is 1. The topological polar surface area (TPSA) is 59.6 Å². The molecule has 2 rings (SSSR count). The molecular weight excluding hydrogens is 258 g/mol. The van der Waals surface area contributed by atoms with Crippen LogP contribution in [0.2, 0.25) is 5.02 Å². The number of halogens is 1. The zero-order valence-electron chi connectivity index (χ0n) is 10.2. The maximum absolute atomic E-state index is 8.90. The third kappa shape index (κ3) is 2.85. The van der Waals surface area contributed by atoms with Crippen LogP contribution in [0.5, 0.6) is 0 Å². The predicted molar refractivity (Wildman–Crippen MR) is 75.3 cm³/mol. The molecule has 0 heterocycles. The smallest absolute Gasteiger partial charge is 0.101 e. The van der Waals surface area contributed by atoms with Crippen LogP contribution in [-0.4, -0.2) is 0 Å². The fourth-order valence-electron chi connectivity index (χ4n) is 1.67. The average molecular weight is 268 g/mol. The quantitative estimate of drug-likeness (QED) is 0.890. The standard InChI is InChI=1S/C15H10ClN3/c1-10-2-3-11(8-17)6-15(10)19-13-5-4-12(9-18)14(16)7-13/h2-7,19H,1H3. The van der Waals surface area contributed by atoms with Crippen molar-refractivity contribution in [3.05, 3.63) is 58.1 Å². The van der Waals surface area contributed by atoms with E-state index in [2.05, 4.69) is 11.4 Å². The number of nitrogens with one attached hydrogen (secondary N) is 1. The molecule has 2 aromatic carbocycles. The zero-order valence-corrected chi connectivity index (χ0v) is 11.0. The number of anilines is 2. The summed E-state index contributed by atoms with van der Waals surface area (Å²) < 4.78 is 0. The lowest BCUT2D eigenvalue weighted by atomic mass is 10.1. The van der Waals surface area contributed by atoms with Crippen LogP contribution in [0.25, 0.3) is 0 Å². The van der Waals surface area contributed by atoms with E-state index in [1.54, 1.807) is 30.3 Å². The molecule has 1 N–H and O–H groups in total. The monoisotopic (exact) mass is 267 g/mol. The summed E-state index contributed by atoms with van der Waals surface area (Å²) in [6, 6.07) is 14.7. The molecule has 0 fully saturated rings. The molecule has 0 bridgehead atoms. The fourth-order valence-corrected chi connectivity index (χ4v) is 1.89. The number of hydrogen-bond acceptors (Lipinski definition) is 3. The summed E-state index contributed by atoms with van der Waals surface area (Å²) >= 11 is 5.98. The van der Waals surface area contributed by atoms with Gasteiger partial charge in [-0.3, -0.25) is 0 Å². The van der Waals surface area contributed by atoms with Gasteiger partial charge in [0.1, 0.15) is 6.07 Å². The predicted octanol–water partition coefficient (Wildman–Crippen LogP) is 4.14. The molecule has 0 atom stereocenters. The lowest BCUT2D eigenvalue weighted by Crippen LogP contribution is -1.94. The molecule has 19 heavy (non-hydrogen) atoms. The van der Waals surface area contributed by atoms with E-state index in [-0.39, 0.29) is 0 Å². The normalized spacial score (nSPS) is 9.47. The van der Waals surface area contributed by atoms with Gasteiger partial charge in [-0.15, -0.1) is 0 Å². The molecular formula is C15H10ClN3. The molecule has 4 heteroatoms. The van der Waals surface area contributed by atoms with E-state index in [0.29, 0.717) is 16.1 Å². The van der Waals surface area contributed by atoms with Crippen LogP contribution in [0.4, 0.5) is 11.4 Å². The summed E-state index contributed by atoms with van der Waals surface area (Å²) in [4.78, 5) is 0. The van der Waals surface area contributed by atoms with Crippen LogP contribution < -0.4 is 5.32 Å². The minimum Gasteiger partial charge on any atom is -0.355 e. The summed E-state index contributed by atoms with van der Waals surface area (Å²) in [7, 11) is 0. The highest BCUT2D eigenvalue weighted by Crippen LogP contribution is 2.25. The number of nitriles is 2. The average Bonchev–Trinajstić information content (AvgIpc) is 2.41. The summed E-state index contributed by atoms with van der Waals surface area (Å²) in [5.41, 5.74) is 3.68. The number of hydrogen-bond donors (Lipinski definition) is 1. The highest BCUT2D eigenvalue weighted by atomic mass is 35.5. The van der Waals surface area contributed by atoms with Gasteiger partial charge in [0.25, 0.3) is 0 Å². The largest absolute Gasteiger partial charge is 0.355 e. The summed E-state index contributed by atoms with van der Waals surface area (Å²) in [5, 5.41) is 21.3. The lowest BCUT2D eigenvalue weighted by molar-refractivity contribution is 1.40. The molecule has 0 saturated heterocycles. The van der Waals surface area contributed by atoms with Crippen LogP contribution in [0, 0.1) is 29.6 Å². The molecule has 0 aliphatic carbocycles. The van der Waals surface area contributed by atoms with Crippen LogP contribution in [0.1, 0.15) is 16.7 Å². The molecule has 0 aromatic heterocycles. The SMILES string of the molecule is Cc1ccc(C#N)cc1Nc1ccc(C#N)c(Cl)c1. The van der Waals surface area contributed by atoms with Gasteiger partial charge < -0.3 is 5.32 Å². The zero-order chi connectivity index (χ0) is 13.8. The van der Waals surface area contributed by atoms with Crippen molar-refractivity contribution < 1.29 is 0 Å². The molecule has 0 aliphatic heterocycles. The van der Waals surface area contributed by atoms with Crippen molar-refractivity contribution in [2.75, 3.05) is 5.32 Å². The Morgan fingerprint density at radius 3 is 2.47 bits per heavy atom. The van der Waals surface area contributed by atoms with Gasteiger partial charge in [-0.05, 0) is 42.8 Å². The Balaban J connectivity index is 2.34. The minimum absolute atomic E-state index is 0.404. The Labute approximate surface area is 116 Å². The van der Waals surface area contributed by atoms with E-state index >= 15 is 0 Å². The van der Waals surface area contributed by atoms with Gasteiger partial charge in [0.2, 0.25) is 0 Å². The first-order valence-corrected chi connectivity index (χ1v) is 5.99. The van der Waals surface area contributed by atoms with Gasteiger partial charge in [-0.1, -0.05) is 17.7 Å². The van der Waals surface area contributed by atoms with Crippen LogP contribution in [-0.2, 0) is 0 Å². The molecule has 0 radical (unpaired) electrons. The molecule has 0 amide bonds. The Morgan fingerprint density at radius 2 is 1.84 bits per heavy atom. The van der Waals surface area contributed by atoms with Gasteiger partial charge in [-0.25, -0.2) is 0 Å². The van der Waals surface area contributed by atoms with Crippen molar-refractivity contribution in [3.8, 4) is 12.1 Å². The van der Waals surface area contributed by atoms with E-state index < -0.39 is 0 Å². The number of nitrogens with zero attached hydrogens (tertiary/aromatic N) is 2. The third-order valence-electron chi connectivity index (χ3n) is 2.74. The maximum Gasteiger partial charge on any atom is 0.101 e. The molecule has 3 nitrogen and oxygen atoms in total. The van der Waals surface area contributed by atoms with Gasteiger partial charge in [0, 0.05) is 11.4 Å². The van der Waals surface area contributed by atoms with Crippen molar-refractivity contribution in [2.24, 2.45) is 0 Å². The number of benzene rings is 2. The van der Waals surface area contributed by atoms with Gasteiger partial charge >= 0.3 is 0 Å². The lowest BCUT2D eigenvalue weighted by Gasteiger charge is -2.10. The number of rotatable bonds is 2. The minimum atomic E-state index is 0.404. The molecule has 0 unspecified atom stereocenters. The van der Waals surface area contributed by atoms with E-state index in [4.69, 9.17) is 22.1 Å². The summed E-state index contributed by atoms with van der Waals surface area (Å²) in [6.45, 7) is 1.95. The van der Waals surface area contributed by atoms with Crippen molar-refractivity contribution in [1.29, 1.82) is 10.5 Å². The molecule has 0 spiro atoms. The van der Waals surface area contributed by atoms with Gasteiger partial charge in [0.15, 0.2) is 0 Å². The van der Waals surface area contributed by atoms with E-state index in [1.807, 2.05) is 19.1 Å². The summed E-state index contributed by atoms with van der Waals surface area (Å²) in [5.74, 6) is 0. The van der Waals surface area contributed by atoms with Crippen molar-refractivity contribution in [2.45, 2.75) is 6.92 Å². The Hall–Kier alpha value is -2.49. The van der Waals surface area contributed by atoms with Gasteiger partial charge in [0.05, 0.1) is 22.2 Å². The maximum atomic E-state index is 8.90. The van der Waals surface area contributed by atoms with Crippen molar-refractivity contribution in [3.63, 3.8) is 0 Å². The van der Waals surface area contributed by atoms with Crippen LogP contribution in [0.15, 0.2) is 36.4 Å². The van der Waals surface area contributed by atoms with E-state index in [1.165, 1.54) is 0 Å². The summed E-state index contributed by atoms with van der Waals surface area (Å²) in [6.07, 6.45) is 0. The van der Waals surface area contributed by atoms with E-state index in [9.17, 15) is 0 Å². The molecule has 92 valence electrons. The molecule has 0 aliphatic rings. The van der Waals surface area contributed by atoms with Crippen LogP contribution in [0.3, 0.4) is 0 Å². The first-order chi connectivity index (χ1) is 9.13. The van der Waals surface area contributed by atoms with Gasteiger partial charge in [-0.2, -0.15) is 10.5 Å². The van der Waals surface area contributed by atoms with Crippen molar-refractivity contribution >= 4 is 23.0 Å². The molecule has 2 aromatic rings.